The molecule has 1 aliphatic rings. The van der Waals surface area contributed by atoms with Crippen molar-refractivity contribution < 1.29 is 9.13 Å². The number of halogens is 2. The van der Waals surface area contributed by atoms with Crippen molar-refractivity contribution in [3.8, 4) is 16.9 Å². The Kier molecular flexibility index (Phi) is 2.96. The first-order valence-corrected chi connectivity index (χ1v) is 6.33. The average Bonchev–Trinajstić information content (AvgIpc) is 2.41. The highest BCUT2D eigenvalue weighted by Crippen LogP contribution is 2.34. The molecule has 0 N–H and O–H groups in total. The lowest BCUT2D eigenvalue weighted by Crippen LogP contribution is -2.08. The molecule has 0 saturated carbocycles. The number of ether oxygens (including phenoxy) is 1. The van der Waals surface area contributed by atoms with Crippen LogP contribution in [0.3, 0.4) is 0 Å². The Labute approximate surface area is 110 Å². The number of aryl methyl sites for hydroxylation is 1. The van der Waals surface area contributed by atoms with E-state index in [9.17, 15) is 4.39 Å². The molecule has 1 aliphatic heterocycles. The minimum absolute atomic E-state index is 0.284. The predicted molar refractivity (Wildman–Crippen MR) is 70.7 cm³/mol. The Balaban J connectivity index is 2.09. The first kappa shape index (κ1) is 11.5. The van der Waals surface area contributed by atoms with E-state index < -0.39 is 0 Å². The number of rotatable bonds is 1. The monoisotopic (exact) mass is 262 g/mol. The molecule has 0 amide bonds. The SMILES string of the molecule is Fc1ccc(Cl)c(-c2ccc3c(c2)OCCC3)c1. The van der Waals surface area contributed by atoms with Gasteiger partial charge in [0.2, 0.25) is 0 Å². The molecule has 2 aromatic carbocycles. The van der Waals surface area contributed by atoms with Gasteiger partial charge >= 0.3 is 0 Å². The van der Waals surface area contributed by atoms with E-state index in [1.54, 1.807) is 6.07 Å². The van der Waals surface area contributed by atoms with Crippen LogP contribution in [0.15, 0.2) is 36.4 Å². The Bertz CT molecular complexity index is 595. The molecule has 18 heavy (non-hydrogen) atoms. The Morgan fingerprint density at radius 2 is 2.00 bits per heavy atom. The topological polar surface area (TPSA) is 9.23 Å². The van der Waals surface area contributed by atoms with Crippen LogP contribution in [0.2, 0.25) is 5.02 Å². The molecule has 0 fully saturated rings. The van der Waals surface area contributed by atoms with Crippen molar-refractivity contribution in [1.29, 1.82) is 0 Å². The fraction of sp³-hybridized carbons (Fsp3) is 0.200. The highest BCUT2D eigenvalue weighted by atomic mass is 35.5. The molecule has 0 saturated heterocycles. The summed E-state index contributed by atoms with van der Waals surface area (Å²) in [7, 11) is 0. The van der Waals surface area contributed by atoms with Gasteiger partial charge in [0.1, 0.15) is 11.6 Å². The average molecular weight is 263 g/mol. The van der Waals surface area contributed by atoms with Crippen LogP contribution in [-0.4, -0.2) is 6.61 Å². The van der Waals surface area contributed by atoms with E-state index in [0.717, 1.165) is 30.8 Å². The van der Waals surface area contributed by atoms with Gasteiger partial charge in [0.15, 0.2) is 0 Å². The molecule has 0 atom stereocenters. The summed E-state index contributed by atoms with van der Waals surface area (Å²) in [4.78, 5) is 0. The smallest absolute Gasteiger partial charge is 0.123 e. The van der Waals surface area contributed by atoms with Crippen molar-refractivity contribution in [3.63, 3.8) is 0 Å². The van der Waals surface area contributed by atoms with Gasteiger partial charge in [-0.15, -0.1) is 0 Å². The van der Waals surface area contributed by atoms with Crippen molar-refractivity contribution in [1.82, 2.24) is 0 Å². The number of benzene rings is 2. The summed E-state index contributed by atoms with van der Waals surface area (Å²) in [5.74, 6) is 0.604. The van der Waals surface area contributed by atoms with Gasteiger partial charge in [-0.1, -0.05) is 23.7 Å². The Morgan fingerprint density at radius 1 is 1.11 bits per heavy atom. The summed E-state index contributed by atoms with van der Waals surface area (Å²) in [6.07, 6.45) is 2.08. The molecule has 0 aliphatic carbocycles. The summed E-state index contributed by atoms with van der Waals surface area (Å²) in [5.41, 5.74) is 2.80. The van der Waals surface area contributed by atoms with Crippen LogP contribution >= 0.6 is 11.6 Å². The molecule has 1 nitrogen and oxygen atoms in total. The zero-order valence-corrected chi connectivity index (χ0v) is 10.5. The van der Waals surface area contributed by atoms with Crippen molar-refractivity contribution in [3.05, 3.63) is 52.8 Å². The van der Waals surface area contributed by atoms with Gasteiger partial charge in [-0.3, -0.25) is 0 Å². The lowest BCUT2D eigenvalue weighted by molar-refractivity contribution is 0.288. The van der Waals surface area contributed by atoms with Crippen LogP contribution in [-0.2, 0) is 6.42 Å². The molecule has 2 aromatic rings. The van der Waals surface area contributed by atoms with Crippen LogP contribution < -0.4 is 4.74 Å². The summed E-state index contributed by atoms with van der Waals surface area (Å²) in [6.45, 7) is 0.743. The highest BCUT2D eigenvalue weighted by molar-refractivity contribution is 6.33. The van der Waals surface area contributed by atoms with Crippen molar-refractivity contribution >= 4 is 11.6 Å². The molecule has 3 heteroatoms. The maximum Gasteiger partial charge on any atom is 0.123 e. The standard InChI is InChI=1S/C15H12ClFO/c16-14-6-5-12(17)9-13(14)11-4-3-10-2-1-7-18-15(10)8-11/h3-6,8-9H,1-2,7H2. The summed E-state index contributed by atoms with van der Waals surface area (Å²) in [5, 5.41) is 0.548. The minimum Gasteiger partial charge on any atom is -0.493 e. The largest absolute Gasteiger partial charge is 0.493 e. The molecule has 92 valence electrons. The van der Waals surface area contributed by atoms with Gasteiger partial charge in [-0.05, 0) is 48.2 Å². The second kappa shape index (κ2) is 4.62. The zero-order chi connectivity index (χ0) is 12.5. The number of fused-ring (bicyclic) bond motifs is 1. The second-order valence-electron chi connectivity index (χ2n) is 4.40. The maximum absolute atomic E-state index is 13.3. The third-order valence-electron chi connectivity index (χ3n) is 3.15. The van der Waals surface area contributed by atoms with E-state index in [-0.39, 0.29) is 5.82 Å². The predicted octanol–water partition coefficient (Wildman–Crippen LogP) is 4.47. The third kappa shape index (κ3) is 2.08. The molecule has 1 heterocycles. The molecule has 0 bridgehead atoms. The van der Waals surface area contributed by atoms with E-state index >= 15 is 0 Å². The van der Waals surface area contributed by atoms with E-state index in [1.807, 2.05) is 18.2 Å². The minimum atomic E-state index is -0.284. The van der Waals surface area contributed by atoms with Gasteiger partial charge in [0.05, 0.1) is 6.61 Å². The van der Waals surface area contributed by atoms with Gasteiger partial charge in [-0.2, -0.15) is 0 Å². The Hall–Kier alpha value is -1.54. The lowest BCUT2D eigenvalue weighted by Gasteiger charge is -2.18. The Morgan fingerprint density at radius 3 is 2.89 bits per heavy atom. The van der Waals surface area contributed by atoms with Gasteiger partial charge in [0, 0.05) is 10.6 Å². The maximum atomic E-state index is 13.3. The first-order chi connectivity index (χ1) is 8.74. The lowest BCUT2D eigenvalue weighted by atomic mass is 10.00. The molecular formula is C15H12ClFO. The van der Waals surface area contributed by atoms with Crippen molar-refractivity contribution in [2.75, 3.05) is 6.61 Å². The van der Waals surface area contributed by atoms with E-state index in [1.165, 1.54) is 17.7 Å². The molecule has 0 spiro atoms. The van der Waals surface area contributed by atoms with Crippen molar-refractivity contribution in [2.45, 2.75) is 12.8 Å². The highest BCUT2D eigenvalue weighted by Gasteiger charge is 2.12. The fourth-order valence-electron chi connectivity index (χ4n) is 2.23. The van der Waals surface area contributed by atoms with Crippen LogP contribution in [0.4, 0.5) is 4.39 Å². The molecule has 0 radical (unpaired) electrons. The summed E-state index contributed by atoms with van der Waals surface area (Å²) in [6, 6.07) is 10.3. The number of hydrogen-bond donors (Lipinski definition) is 0. The quantitative estimate of drug-likeness (QED) is 0.737. The van der Waals surface area contributed by atoms with E-state index in [4.69, 9.17) is 16.3 Å². The van der Waals surface area contributed by atoms with Gasteiger partial charge in [0.25, 0.3) is 0 Å². The first-order valence-electron chi connectivity index (χ1n) is 5.95. The van der Waals surface area contributed by atoms with E-state index in [2.05, 4.69) is 0 Å². The molecule has 0 aromatic heterocycles. The number of hydrogen-bond acceptors (Lipinski definition) is 1. The van der Waals surface area contributed by atoms with Crippen LogP contribution in [0.5, 0.6) is 5.75 Å². The second-order valence-corrected chi connectivity index (χ2v) is 4.81. The van der Waals surface area contributed by atoms with Crippen LogP contribution in [0, 0.1) is 5.82 Å². The molecule has 0 unspecified atom stereocenters. The normalized spacial score (nSPS) is 13.9. The van der Waals surface area contributed by atoms with E-state index in [0.29, 0.717) is 10.6 Å². The molecule has 3 rings (SSSR count). The van der Waals surface area contributed by atoms with Gasteiger partial charge in [-0.25, -0.2) is 4.39 Å². The van der Waals surface area contributed by atoms with Crippen LogP contribution in [0.1, 0.15) is 12.0 Å². The zero-order valence-electron chi connectivity index (χ0n) is 9.75. The molecular weight excluding hydrogens is 251 g/mol. The van der Waals surface area contributed by atoms with Gasteiger partial charge < -0.3 is 4.74 Å². The fourth-order valence-corrected chi connectivity index (χ4v) is 2.45. The summed E-state index contributed by atoms with van der Waals surface area (Å²) < 4.78 is 18.9. The third-order valence-corrected chi connectivity index (χ3v) is 3.48. The van der Waals surface area contributed by atoms with Crippen molar-refractivity contribution in [2.24, 2.45) is 0 Å². The van der Waals surface area contributed by atoms with Crippen LogP contribution in [0.25, 0.3) is 11.1 Å². The summed E-state index contributed by atoms with van der Waals surface area (Å²) >= 11 is 6.11.